The molecule has 39 heavy (non-hydrogen) atoms. The minimum atomic E-state index is -0.357. The summed E-state index contributed by atoms with van der Waals surface area (Å²) in [4.78, 5) is 55.3. The minimum absolute atomic E-state index is 0.00550. The molecule has 0 radical (unpaired) electrons. The lowest BCUT2D eigenvalue weighted by Gasteiger charge is -2.26. The van der Waals surface area contributed by atoms with Crippen LogP contribution in [0.1, 0.15) is 37.5 Å². The summed E-state index contributed by atoms with van der Waals surface area (Å²) in [5.74, 6) is -0.761. The first-order valence-electron chi connectivity index (χ1n) is 12.8. The lowest BCUT2D eigenvalue weighted by Crippen LogP contribution is -2.42. The molecule has 4 aromatic carbocycles. The molecule has 1 N–H and O–H groups in total. The summed E-state index contributed by atoms with van der Waals surface area (Å²) in [5.41, 5.74) is 4.23. The number of amides is 3. The van der Waals surface area contributed by atoms with E-state index in [-0.39, 0.29) is 49.1 Å². The van der Waals surface area contributed by atoms with E-state index in [9.17, 15) is 19.2 Å². The summed E-state index contributed by atoms with van der Waals surface area (Å²) in [6.45, 7) is 0.309. The third-order valence-corrected chi connectivity index (χ3v) is 7.22. The lowest BCUT2D eigenvalue weighted by molar-refractivity contribution is -0.116. The van der Waals surface area contributed by atoms with Crippen molar-refractivity contribution in [1.82, 2.24) is 4.90 Å². The van der Waals surface area contributed by atoms with E-state index < -0.39 is 0 Å². The van der Waals surface area contributed by atoms with Gasteiger partial charge in [0.15, 0.2) is 5.78 Å². The second-order valence-corrected chi connectivity index (χ2v) is 9.71. The molecule has 192 valence electrons. The van der Waals surface area contributed by atoms with E-state index in [1.54, 1.807) is 64.4 Å². The minimum Gasteiger partial charge on any atom is -0.326 e. The number of hydrogen-bond donors (Lipinski definition) is 1. The fourth-order valence-corrected chi connectivity index (χ4v) is 5.30. The average molecular weight is 516 g/mol. The van der Waals surface area contributed by atoms with Crippen molar-refractivity contribution < 1.29 is 19.2 Å². The molecule has 4 aromatic rings. The number of para-hydroxylation sites is 1. The Morgan fingerprint density at radius 1 is 0.744 bits per heavy atom. The Morgan fingerprint density at radius 3 is 2.18 bits per heavy atom. The maximum absolute atomic E-state index is 13.7. The molecule has 0 saturated carbocycles. The molecule has 2 aliphatic rings. The van der Waals surface area contributed by atoms with E-state index in [2.05, 4.69) is 5.32 Å². The molecular formula is C32H25N3O4. The van der Waals surface area contributed by atoms with Crippen LogP contribution in [-0.4, -0.2) is 47.5 Å². The van der Waals surface area contributed by atoms with E-state index in [1.807, 2.05) is 48.5 Å². The van der Waals surface area contributed by atoms with E-state index in [0.29, 0.717) is 28.1 Å². The quantitative estimate of drug-likeness (QED) is 0.412. The van der Waals surface area contributed by atoms with Crippen molar-refractivity contribution in [1.29, 1.82) is 0 Å². The Hall–Kier alpha value is -5.04. The number of benzene rings is 4. The van der Waals surface area contributed by atoms with Crippen LogP contribution < -0.4 is 10.2 Å². The van der Waals surface area contributed by atoms with Gasteiger partial charge in [-0.15, -0.1) is 0 Å². The number of anilines is 2. The lowest BCUT2D eigenvalue weighted by atomic mass is 9.99. The van der Waals surface area contributed by atoms with Gasteiger partial charge >= 0.3 is 0 Å². The number of Topliss-reactive ketones (excluding diaryl/α,β-unsaturated/α-hetero) is 1. The number of carbonyl (C=O) groups excluding carboxylic acids is 4. The number of ketones is 1. The van der Waals surface area contributed by atoms with Crippen molar-refractivity contribution in [2.45, 2.75) is 12.5 Å². The molecule has 3 amide bonds. The molecule has 0 unspecified atom stereocenters. The summed E-state index contributed by atoms with van der Waals surface area (Å²) in [7, 11) is 0. The van der Waals surface area contributed by atoms with Gasteiger partial charge < -0.3 is 15.1 Å². The maximum atomic E-state index is 13.7. The molecule has 0 aromatic heterocycles. The Balaban J connectivity index is 1.24. The van der Waals surface area contributed by atoms with E-state index in [0.717, 1.165) is 11.1 Å². The van der Waals surface area contributed by atoms with Crippen LogP contribution in [0.3, 0.4) is 0 Å². The summed E-state index contributed by atoms with van der Waals surface area (Å²) in [6.07, 6.45) is 0.235. The SMILES string of the molecule is O=C1C[C@@H]2CN(C(=O)c3ccc(NC(=O)c4ccccc4-c4ccccc4)cc3)c3ccccc3C(=O)N2C1. The monoisotopic (exact) mass is 515 g/mol. The zero-order valence-corrected chi connectivity index (χ0v) is 21.0. The summed E-state index contributed by atoms with van der Waals surface area (Å²) < 4.78 is 0. The van der Waals surface area contributed by atoms with Gasteiger partial charge in [-0.05, 0) is 53.6 Å². The second-order valence-electron chi connectivity index (χ2n) is 9.71. The number of fused-ring (bicyclic) bond motifs is 2. The standard InChI is InChI=1S/C32H25N3O4/c36-25-18-24-19-35(29-13-7-6-12-28(29)32(39)34(24)20-25)31(38)22-14-16-23(17-15-22)33-30(37)27-11-5-4-10-26(27)21-8-2-1-3-9-21/h1-17,24H,18-20H2,(H,33,37)/t24-/m1/s1. The Labute approximate surface area is 225 Å². The van der Waals surface area contributed by atoms with E-state index in [4.69, 9.17) is 0 Å². The van der Waals surface area contributed by atoms with Gasteiger partial charge in [0.2, 0.25) is 0 Å². The van der Waals surface area contributed by atoms with Gasteiger partial charge in [0, 0.05) is 29.8 Å². The van der Waals surface area contributed by atoms with Crippen LogP contribution in [0.5, 0.6) is 0 Å². The maximum Gasteiger partial charge on any atom is 0.258 e. The van der Waals surface area contributed by atoms with Crippen LogP contribution in [0.15, 0.2) is 103 Å². The normalized spacial score (nSPS) is 16.4. The number of nitrogens with zero attached hydrogens (tertiary/aromatic N) is 2. The van der Waals surface area contributed by atoms with Crippen molar-refractivity contribution >= 4 is 34.9 Å². The highest BCUT2D eigenvalue weighted by Gasteiger charge is 2.41. The van der Waals surface area contributed by atoms with Crippen LogP contribution >= 0.6 is 0 Å². The van der Waals surface area contributed by atoms with Gasteiger partial charge in [-0.2, -0.15) is 0 Å². The van der Waals surface area contributed by atoms with Gasteiger partial charge in [0.1, 0.15) is 0 Å². The molecule has 1 atom stereocenters. The summed E-state index contributed by atoms with van der Waals surface area (Å²) in [5, 5.41) is 2.93. The molecule has 0 bridgehead atoms. The highest BCUT2D eigenvalue weighted by molar-refractivity contribution is 6.13. The van der Waals surface area contributed by atoms with Gasteiger partial charge in [-0.3, -0.25) is 19.2 Å². The summed E-state index contributed by atoms with van der Waals surface area (Å²) >= 11 is 0. The molecule has 7 heteroatoms. The van der Waals surface area contributed by atoms with Gasteiger partial charge in [-0.25, -0.2) is 0 Å². The smallest absolute Gasteiger partial charge is 0.258 e. The Bertz CT molecular complexity index is 1600. The van der Waals surface area contributed by atoms with Gasteiger partial charge in [0.25, 0.3) is 17.7 Å². The first-order valence-corrected chi connectivity index (χ1v) is 12.8. The summed E-state index contributed by atoms with van der Waals surface area (Å²) in [6, 6.07) is 30.5. The largest absolute Gasteiger partial charge is 0.326 e. The fraction of sp³-hybridized carbons (Fsp3) is 0.125. The van der Waals surface area contributed by atoms with Crippen molar-refractivity contribution in [3.8, 4) is 11.1 Å². The number of carbonyl (C=O) groups is 4. The third-order valence-electron chi connectivity index (χ3n) is 7.22. The van der Waals surface area contributed by atoms with Crippen molar-refractivity contribution in [3.63, 3.8) is 0 Å². The zero-order chi connectivity index (χ0) is 26.9. The van der Waals surface area contributed by atoms with Crippen LogP contribution in [0.25, 0.3) is 11.1 Å². The number of hydrogen-bond acceptors (Lipinski definition) is 4. The van der Waals surface area contributed by atoms with Crippen molar-refractivity contribution in [2.75, 3.05) is 23.3 Å². The van der Waals surface area contributed by atoms with Gasteiger partial charge in [0.05, 0.1) is 23.8 Å². The van der Waals surface area contributed by atoms with E-state index in [1.165, 1.54) is 0 Å². The molecule has 6 rings (SSSR count). The Morgan fingerprint density at radius 2 is 1.41 bits per heavy atom. The molecule has 1 saturated heterocycles. The molecule has 2 aliphatic heterocycles. The van der Waals surface area contributed by atoms with Crippen LogP contribution in [0.2, 0.25) is 0 Å². The molecule has 2 heterocycles. The third kappa shape index (κ3) is 4.59. The molecule has 0 aliphatic carbocycles. The predicted octanol–water partition coefficient (Wildman–Crippen LogP) is 5.05. The number of rotatable bonds is 4. The molecule has 1 fully saturated rings. The Kier molecular flexibility index (Phi) is 6.25. The second kappa shape index (κ2) is 10.0. The molecular weight excluding hydrogens is 490 g/mol. The van der Waals surface area contributed by atoms with E-state index >= 15 is 0 Å². The fourth-order valence-electron chi connectivity index (χ4n) is 5.30. The molecule has 0 spiro atoms. The van der Waals surface area contributed by atoms with Crippen LogP contribution in [0, 0.1) is 0 Å². The first kappa shape index (κ1) is 24.3. The highest BCUT2D eigenvalue weighted by Crippen LogP contribution is 2.32. The first-order chi connectivity index (χ1) is 19.0. The average Bonchev–Trinajstić information content (AvgIpc) is 3.31. The topological polar surface area (TPSA) is 86.8 Å². The van der Waals surface area contributed by atoms with Crippen LogP contribution in [-0.2, 0) is 4.79 Å². The highest BCUT2D eigenvalue weighted by atomic mass is 16.2. The zero-order valence-electron chi connectivity index (χ0n) is 21.0. The van der Waals surface area contributed by atoms with Crippen LogP contribution in [0.4, 0.5) is 11.4 Å². The van der Waals surface area contributed by atoms with Crippen molar-refractivity contribution in [2.24, 2.45) is 0 Å². The number of nitrogens with one attached hydrogen (secondary N) is 1. The predicted molar refractivity (Wildman–Crippen MR) is 149 cm³/mol. The van der Waals surface area contributed by atoms with Crippen molar-refractivity contribution in [3.05, 3.63) is 120 Å². The molecule has 7 nitrogen and oxygen atoms in total. The van der Waals surface area contributed by atoms with Gasteiger partial charge in [-0.1, -0.05) is 60.7 Å².